The summed E-state index contributed by atoms with van der Waals surface area (Å²) in [5, 5.41) is 0. The average Bonchev–Trinajstić information content (AvgIpc) is 2.08. The first-order valence-electron chi connectivity index (χ1n) is 4.04. The SMILES string of the molecule is [C]1=C\CC/C=C\C=C/C\C=C/1. The molecule has 0 heterocycles. The van der Waals surface area contributed by atoms with E-state index in [1.165, 1.54) is 0 Å². The molecule has 0 amide bonds. The number of rotatable bonds is 0. The van der Waals surface area contributed by atoms with Crippen molar-refractivity contribution < 1.29 is 0 Å². The van der Waals surface area contributed by atoms with Gasteiger partial charge in [-0.3, -0.25) is 0 Å². The van der Waals surface area contributed by atoms with Crippen LogP contribution in [0.25, 0.3) is 0 Å². The summed E-state index contributed by atoms with van der Waals surface area (Å²) >= 11 is 0. The van der Waals surface area contributed by atoms with Crippen LogP contribution < -0.4 is 0 Å². The van der Waals surface area contributed by atoms with Gasteiger partial charge in [0.05, 0.1) is 0 Å². The molecule has 0 aromatic carbocycles. The Morgan fingerprint density at radius 3 is 2.82 bits per heavy atom. The molecule has 0 aliphatic heterocycles. The van der Waals surface area contributed by atoms with Crippen LogP contribution in [0.15, 0.2) is 42.5 Å². The van der Waals surface area contributed by atoms with Gasteiger partial charge in [-0.2, -0.15) is 0 Å². The number of hydrogen-bond acceptors (Lipinski definition) is 0. The quantitative estimate of drug-likeness (QED) is 0.491. The van der Waals surface area contributed by atoms with Gasteiger partial charge < -0.3 is 0 Å². The highest BCUT2D eigenvalue weighted by Crippen LogP contribution is 1.96. The summed E-state index contributed by atoms with van der Waals surface area (Å²) in [6.07, 6.45) is 21.0. The second-order valence-corrected chi connectivity index (χ2v) is 2.44. The van der Waals surface area contributed by atoms with Crippen LogP contribution >= 0.6 is 0 Å². The Morgan fingerprint density at radius 2 is 1.82 bits per heavy atom. The molecule has 57 valence electrons. The third kappa shape index (κ3) is 4.38. The van der Waals surface area contributed by atoms with Crippen molar-refractivity contribution >= 4 is 0 Å². The molecule has 0 atom stereocenters. The Bertz CT molecular complexity index is 170. The van der Waals surface area contributed by atoms with E-state index in [0.717, 1.165) is 19.3 Å². The molecule has 0 fully saturated rings. The molecule has 0 heteroatoms. The van der Waals surface area contributed by atoms with Gasteiger partial charge in [0.25, 0.3) is 0 Å². The maximum Gasteiger partial charge on any atom is -0.0163 e. The lowest BCUT2D eigenvalue weighted by atomic mass is 10.2. The van der Waals surface area contributed by atoms with Crippen molar-refractivity contribution in [2.75, 3.05) is 0 Å². The second-order valence-electron chi connectivity index (χ2n) is 2.44. The standard InChI is InChI=1S/C11H13/c1-2-4-6-8-10-11-9-7-5-3-1/h1-4,7,9-10H,5-6,8H2/b3-1-,4-2-,9-7-,11-10?. The van der Waals surface area contributed by atoms with Crippen LogP contribution in [0.5, 0.6) is 0 Å². The highest BCUT2D eigenvalue weighted by molar-refractivity contribution is 5.07. The first kappa shape index (κ1) is 8.06. The molecular weight excluding hydrogens is 132 g/mol. The molecular formula is C11H13. The third-order valence-corrected chi connectivity index (χ3v) is 1.47. The van der Waals surface area contributed by atoms with Crippen LogP contribution in [0.3, 0.4) is 0 Å². The molecule has 1 radical (unpaired) electrons. The van der Waals surface area contributed by atoms with E-state index in [-0.39, 0.29) is 0 Å². The van der Waals surface area contributed by atoms with E-state index in [1.54, 1.807) is 0 Å². The molecule has 0 aromatic rings. The van der Waals surface area contributed by atoms with Crippen LogP contribution in [0.2, 0.25) is 0 Å². The molecule has 11 heavy (non-hydrogen) atoms. The Morgan fingerprint density at radius 1 is 0.909 bits per heavy atom. The van der Waals surface area contributed by atoms with Gasteiger partial charge in [0.1, 0.15) is 0 Å². The fraction of sp³-hybridized carbons (Fsp3) is 0.273. The first-order valence-corrected chi connectivity index (χ1v) is 4.04. The minimum Gasteiger partial charge on any atom is -0.0842 e. The van der Waals surface area contributed by atoms with E-state index in [1.807, 2.05) is 6.08 Å². The summed E-state index contributed by atoms with van der Waals surface area (Å²) in [6.45, 7) is 0. The normalized spacial score (nSPS) is 29.8. The molecule has 0 saturated heterocycles. The highest BCUT2D eigenvalue weighted by atomic mass is 13.8. The van der Waals surface area contributed by atoms with Crippen LogP contribution in [0.1, 0.15) is 19.3 Å². The van der Waals surface area contributed by atoms with Crippen molar-refractivity contribution in [3.05, 3.63) is 48.6 Å². The molecule has 1 aliphatic carbocycles. The Labute approximate surface area is 68.6 Å². The van der Waals surface area contributed by atoms with Gasteiger partial charge >= 0.3 is 0 Å². The van der Waals surface area contributed by atoms with Crippen molar-refractivity contribution in [2.24, 2.45) is 0 Å². The molecule has 0 nitrogen and oxygen atoms in total. The summed E-state index contributed by atoms with van der Waals surface area (Å²) in [6, 6.07) is 0. The molecule has 0 unspecified atom stereocenters. The minimum atomic E-state index is 1.01. The van der Waals surface area contributed by atoms with Crippen molar-refractivity contribution in [3.8, 4) is 0 Å². The summed E-state index contributed by atoms with van der Waals surface area (Å²) in [5.41, 5.74) is 0. The highest BCUT2D eigenvalue weighted by Gasteiger charge is 1.76. The summed E-state index contributed by atoms with van der Waals surface area (Å²) in [4.78, 5) is 0. The Balaban J connectivity index is 2.47. The van der Waals surface area contributed by atoms with Gasteiger partial charge in [0.15, 0.2) is 0 Å². The lowest BCUT2D eigenvalue weighted by molar-refractivity contribution is 1.05. The number of hydrogen-bond donors (Lipinski definition) is 0. The van der Waals surface area contributed by atoms with Crippen LogP contribution in [-0.2, 0) is 0 Å². The van der Waals surface area contributed by atoms with Crippen molar-refractivity contribution in [3.63, 3.8) is 0 Å². The average molecular weight is 145 g/mol. The van der Waals surface area contributed by atoms with Gasteiger partial charge in [-0.05, 0) is 25.3 Å². The maximum absolute atomic E-state index is 3.11. The zero-order chi connectivity index (χ0) is 7.78. The van der Waals surface area contributed by atoms with Crippen molar-refractivity contribution in [1.29, 1.82) is 0 Å². The fourth-order valence-corrected chi connectivity index (χ4v) is 0.878. The third-order valence-electron chi connectivity index (χ3n) is 1.47. The fourth-order valence-electron chi connectivity index (χ4n) is 0.878. The summed E-state index contributed by atoms with van der Waals surface area (Å²) < 4.78 is 0. The van der Waals surface area contributed by atoms with Gasteiger partial charge in [0, 0.05) is 0 Å². The largest absolute Gasteiger partial charge is 0.0842 e. The molecule has 0 saturated carbocycles. The topological polar surface area (TPSA) is 0 Å². The zero-order valence-corrected chi connectivity index (χ0v) is 6.66. The van der Waals surface area contributed by atoms with E-state index >= 15 is 0 Å². The Hall–Kier alpha value is -1.04. The zero-order valence-electron chi connectivity index (χ0n) is 6.66. The summed E-state index contributed by atoms with van der Waals surface area (Å²) in [5.74, 6) is 0. The molecule has 0 bridgehead atoms. The monoisotopic (exact) mass is 145 g/mol. The minimum absolute atomic E-state index is 1.01. The predicted octanol–water partition coefficient (Wildman–Crippen LogP) is 3.20. The maximum atomic E-state index is 3.11. The molecule has 0 N–H and O–H groups in total. The molecule has 0 spiro atoms. The smallest absolute Gasteiger partial charge is 0.0163 e. The van der Waals surface area contributed by atoms with E-state index in [2.05, 4.69) is 42.5 Å². The summed E-state index contributed by atoms with van der Waals surface area (Å²) in [7, 11) is 0. The van der Waals surface area contributed by atoms with E-state index in [4.69, 9.17) is 0 Å². The molecule has 0 aromatic heterocycles. The second kappa shape index (κ2) is 5.72. The van der Waals surface area contributed by atoms with E-state index < -0.39 is 0 Å². The van der Waals surface area contributed by atoms with Crippen molar-refractivity contribution in [1.82, 2.24) is 0 Å². The molecule has 1 aliphatic rings. The molecule has 1 rings (SSSR count). The van der Waals surface area contributed by atoms with Crippen LogP contribution in [0.4, 0.5) is 0 Å². The van der Waals surface area contributed by atoms with Gasteiger partial charge in [-0.25, -0.2) is 0 Å². The number of allylic oxidation sites excluding steroid dienone is 8. The predicted molar refractivity (Wildman–Crippen MR) is 49.1 cm³/mol. The van der Waals surface area contributed by atoms with Gasteiger partial charge in [-0.15, -0.1) is 0 Å². The van der Waals surface area contributed by atoms with E-state index in [0.29, 0.717) is 0 Å². The van der Waals surface area contributed by atoms with Gasteiger partial charge in [0.2, 0.25) is 0 Å². The van der Waals surface area contributed by atoms with Gasteiger partial charge in [-0.1, -0.05) is 42.5 Å². The van der Waals surface area contributed by atoms with E-state index in [9.17, 15) is 0 Å². The van der Waals surface area contributed by atoms with Crippen LogP contribution in [0, 0.1) is 6.08 Å². The lowest BCUT2D eigenvalue weighted by Crippen LogP contribution is -1.62. The Kier molecular flexibility index (Phi) is 4.19. The van der Waals surface area contributed by atoms with Crippen LogP contribution in [-0.4, -0.2) is 0 Å². The lowest BCUT2D eigenvalue weighted by Gasteiger charge is -1.81. The van der Waals surface area contributed by atoms with Crippen molar-refractivity contribution in [2.45, 2.75) is 19.3 Å². The first-order chi connectivity index (χ1) is 5.50.